The standard InChI is InChI=1S/C29H28N2O5/c1-5-35-26-16-22(11-13-25(26)36-17-21-9-6-18(2)7-10-21)15-23-27(32)30-29(34)31(28(23)33)24-12-8-19(3)14-20(24)4/h6-16H,5,17H2,1-4H3,(H,30,32,34)/b23-15+. The van der Waals surface area contributed by atoms with Crippen molar-refractivity contribution in [2.45, 2.75) is 34.3 Å². The molecule has 3 aromatic rings. The molecule has 36 heavy (non-hydrogen) atoms. The van der Waals surface area contributed by atoms with Crippen molar-refractivity contribution in [3.05, 3.63) is 94.1 Å². The second-order valence-corrected chi connectivity index (χ2v) is 8.66. The third kappa shape index (κ3) is 5.30. The monoisotopic (exact) mass is 484 g/mol. The lowest BCUT2D eigenvalue weighted by Crippen LogP contribution is -2.54. The van der Waals surface area contributed by atoms with E-state index in [4.69, 9.17) is 9.47 Å². The number of urea groups is 1. The van der Waals surface area contributed by atoms with Gasteiger partial charge in [0.2, 0.25) is 0 Å². The second-order valence-electron chi connectivity index (χ2n) is 8.66. The van der Waals surface area contributed by atoms with Crippen LogP contribution in [0.3, 0.4) is 0 Å². The van der Waals surface area contributed by atoms with E-state index in [0.717, 1.165) is 21.6 Å². The number of ether oxygens (including phenoxy) is 2. The molecule has 1 heterocycles. The average molecular weight is 485 g/mol. The summed E-state index contributed by atoms with van der Waals surface area (Å²) >= 11 is 0. The number of carbonyl (C=O) groups is 3. The maximum absolute atomic E-state index is 13.3. The maximum Gasteiger partial charge on any atom is 0.335 e. The zero-order valence-corrected chi connectivity index (χ0v) is 20.8. The van der Waals surface area contributed by atoms with Crippen LogP contribution < -0.4 is 19.7 Å². The minimum Gasteiger partial charge on any atom is -0.490 e. The number of nitrogens with one attached hydrogen (secondary N) is 1. The van der Waals surface area contributed by atoms with Crippen LogP contribution >= 0.6 is 0 Å². The molecule has 0 saturated carbocycles. The van der Waals surface area contributed by atoms with Crippen LogP contribution in [0.1, 0.15) is 34.7 Å². The van der Waals surface area contributed by atoms with Crippen LogP contribution in [0.2, 0.25) is 0 Å². The molecular formula is C29H28N2O5. The third-order valence-electron chi connectivity index (χ3n) is 5.79. The van der Waals surface area contributed by atoms with Crippen molar-refractivity contribution in [2.24, 2.45) is 0 Å². The SMILES string of the molecule is CCOc1cc(/C=C2\C(=O)NC(=O)N(c3ccc(C)cc3C)C2=O)ccc1OCc1ccc(C)cc1. The zero-order chi connectivity index (χ0) is 25.8. The van der Waals surface area contributed by atoms with Gasteiger partial charge in [-0.1, -0.05) is 53.6 Å². The summed E-state index contributed by atoms with van der Waals surface area (Å²) in [7, 11) is 0. The van der Waals surface area contributed by atoms with Crippen molar-refractivity contribution in [2.75, 3.05) is 11.5 Å². The summed E-state index contributed by atoms with van der Waals surface area (Å²) in [6.45, 7) is 8.41. The largest absolute Gasteiger partial charge is 0.490 e. The fourth-order valence-electron chi connectivity index (χ4n) is 3.95. The van der Waals surface area contributed by atoms with Gasteiger partial charge in [-0.25, -0.2) is 9.69 Å². The Bertz CT molecular complexity index is 1360. The first kappa shape index (κ1) is 24.7. The van der Waals surface area contributed by atoms with Crippen LogP contribution in [-0.2, 0) is 16.2 Å². The molecule has 1 saturated heterocycles. The van der Waals surface area contributed by atoms with E-state index >= 15 is 0 Å². The fraction of sp³-hybridized carbons (Fsp3) is 0.207. The van der Waals surface area contributed by atoms with Crippen molar-refractivity contribution in [3.63, 3.8) is 0 Å². The Morgan fingerprint density at radius 1 is 0.833 bits per heavy atom. The van der Waals surface area contributed by atoms with Crippen LogP contribution in [0, 0.1) is 20.8 Å². The highest BCUT2D eigenvalue weighted by atomic mass is 16.5. The van der Waals surface area contributed by atoms with Crippen LogP contribution in [0.4, 0.5) is 10.5 Å². The first-order valence-corrected chi connectivity index (χ1v) is 11.7. The predicted octanol–water partition coefficient (Wildman–Crippen LogP) is 5.26. The first-order chi connectivity index (χ1) is 17.3. The van der Waals surface area contributed by atoms with Gasteiger partial charge in [0.15, 0.2) is 11.5 Å². The van der Waals surface area contributed by atoms with Crippen molar-refractivity contribution < 1.29 is 23.9 Å². The smallest absolute Gasteiger partial charge is 0.335 e. The Morgan fingerprint density at radius 2 is 1.56 bits per heavy atom. The molecule has 0 spiro atoms. The van der Waals surface area contributed by atoms with Gasteiger partial charge in [0.05, 0.1) is 12.3 Å². The molecule has 1 aliphatic heterocycles. The molecule has 0 aromatic heterocycles. The number of carbonyl (C=O) groups excluding carboxylic acids is 3. The summed E-state index contributed by atoms with van der Waals surface area (Å²) in [4.78, 5) is 39.4. The molecule has 7 heteroatoms. The summed E-state index contributed by atoms with van der Waals surface area (Å²) in [6.07, 6.45) is 1.45. The van der Waals surface area contributed by atoms with Crippen LogP contribution in [0.15, 0.2) is 66.2 Å². The number of barbiturate groups is 1. The fourth-order valence-corrected chi connectivity index (χ4v) is 3.95. The van der Waals surface area contributed by atoms with Gasteiger partial charge in [-0.05, 0) is 68.7 Å². The Labute approximate surface area is 210 Å². The number of rotatable bonds is 7. The number of nitrogens with zero attached hydrogens (tertiary/aromatic N) is 1. The maximum atomic E-state index is 13.3. The minimum absolute atomic E-state index is 0.148. The van der Waals surface area contributed by atoms with Gasteiger partial charge in [0.1, 0.15) is 12.2 Å². The normalized spacial score (nSPS) is 14.7. The molecular weight excluding hydrogens is 456 g/mol. The van der Waals surface area contributed by atoms with E-state index in [-0.39, 0.29) is 5.57 Å². The molecule has 1 aliphatic rings. The quantitative estimate of drug-likeness (QED) is 0.365. The van der Waals surface area contributed by atoms with E-state index in [1.54, 1.807) is 24.3 Å². The Kier molecular flexibility index (Phi) is 7.20. The van der Waals surface area contributed by atoms with Gasteiger partial charge in [-0.3, -0.25) is 14.9 Å². The molecule has 4 rings (SSSR count). The number of hydrogen-bond acceptors (Lipinski definition) is 5. The van der Waals surface area contributed by atoms with Crippen LogP contribution in [0.5, 0.6) is 11.5 Å². The van der Waals surface area contributed by atoms with E-state index < -0.39 is 17.8 Å². The lowest BCUT2D eigenvalue weighted by Gasteiger charge is -2.27. The highest BCUT2D eigenvalue weighted by Gasteiger charge is 2.37. The van der Waals surface area contributed by atoms with Crippen LogP contribution in [0.25, 0.3) is 6.08 Å². The number of hydrogen-bond donors (Lipinski definition) is 1. The summed E-state index contributed by atoms with van der Waals surface area (Å²) in [5, 5.41) is 2.27. The van der Waals surface area contributed by atoms with Gasteiger partial charge in [-0.2, -0.15) is 0 Å². The van der Waals surface area contributed by atoms with E-state index in [1.165, 1.54) is 11.6 Å². The summed E-state index contributed by atoms with van der Waals surface area (Å²) in [5.41, 5.74) is 4.79. The molecule has 0 aliphatic carbocycles. The second kappa shape index (κ2) is 10.5. The molecule has 4 amide bonds. The summed E-state index contributed by atoms with van der Waals surface area (Å²) < 4.78 is 11.7. The topological polar surface area (TPSA) is 84.9 Å². The van der Waals surface area contributed by atoms with Gasteiger partial charge in [0.25, 0.3) is 11.8 Å². The van der Waals surface area contributed by atoms with E-state index in [2.05, 4.69) is 5.32 Å². The number of imide groups is 2. The summed E-state index contributed by atoms with van der Waals surface area (Å²) in [5.74, 6) is -0.395. The third-order valence-corrected chi connectivity index (χ3v) is 5.79. The van der Waals surface area contributed by atoms with Crippen molar-refractivity contribution >= 4 is 29.6 Å². The predicted molar refractivity (Wildman–Crippen MR) is 138 cm³/mol. The molecule has 0 unspecified atom stereocenters. The van der Waals surface area contributed by atoms with E-state index in [9.17, 15) is 14.4 Å². The zero-order valence-electron chi connectivity index (χ0n) is 20.8. The molecule has 0 bridgehead atoms. The molecule has 1 fully saturated rings. The molecule has 184 valence electrons. The van der Waals surface area contributed by atoms with Crippen molar-refractivity contribution in [1.29, 1.82) is 0 Å². The van der Waals surface area contributed by atoms with Crippen molar-refractivity contribution in [1.82, 2.24) is 5.32 Å². The van der Waals surface area contributed by atoms with Gasteiger partial charge < -0.3 is 9.47 Å². The van der Waals surface area contributed by atoms with Crippen molar-refractivity contribution in [3.8, 4) is 11.5 Å². The van der Waals surface area contributed by atoms with E-state index in [0.29, 0.717) is 36.0 Å². The molecule has 0 atom stereocenters. The Balaban J connectivity index is 1.62. The number of aryl methyl sites for hydroxylation is 3. The van der Waals surface area contributed by atoms with Crippen LogP contribution in [-0.4, -0.2) is 24.5 Å². The lowest BCUT2D eigenvalue weighted by molar-refractivity contribution is -0.122. The molecule has 3 aromatic carbocycles. The minimum atomic E-state index is -0.774. The molecule has 1 N–H and O–H groups in total. The van der Waals surface area contributed by atoms with Gasteiger partial charge >= 0.3 is 6.03 Å². The molecule has 7 nitrogen and oxygen atoms in total. The number of amides is 4. The number of anilines is 1. The lowest BCUT2D eigenvalue weighted by atomic mass is 10.0. The highest BCUT2D eigenvalue weighted by Crippen LogP contribution is 2.31. The summed E-state index contributed by atoms with van der Waals surface area (Å²) in [6, 6.07) is 17.8. The Morgan fingerprint density at radius 3 is 2.25 bits per heavy atom. The Hall–Kier alpha value is -4.39. The number of benzene rings is 3. The van der Waals surface area contributed by atoms with E-state index in [1.807, 2.05) is 64.1 Å². The molecule has 0 radical (unpaired) electrons. The average Bonchev–Trinajstić information content (AvgIpc) is 2.83. The first-order valence-electron chi connectivity index (χ1n) is 11.7. The highest BCUT2D eigenvalue weighted by molar-refractivity contribution is 6.39. The van der Waals surface area contributed by atoms with Gasteiger partial charge in [-0.15, -0.1) is 0 Å². The van der Waals surface area contributed by atoms with Gasteiger partial charge in [0, 0.05) is 0 Å².